The maximum atomic E-state index is 12.1. The summed E-state index contributed by atoms with van der Waals surface area (Å²) in [7, 11) is 0. The summed E-state index contributed by atoms with van der Waals surface area (Å²) in [5.41, 5.74) is 5.26. The molecule has 0 bridgehead atoms. The number of nitro groups is 1. The lowest BCUT2D eigenvalue weighted by Gasteiger charge is -2.36. The summed E-state index contributed by atoms with van der Waals surface area (Å²) in [5, 5.41) is 10.6. The maximum absolute atomic E-state index is 12.1. The van der Waals surface area contributed by atoms with Gasteiger partial charge in [0.1, 0.15) is 5.92 Å². The Kier molecular flexibility index (Phi) is 3.23. The third-order valence-corrected chi connectivity index (χ3v) is 3.91. The molecule has 2 rings (SSSR count). The Morgan fingerprint density at radius 1 is 1.39 bits per heavy atom. The zero-order valence-corrected chi connectivity index (χ0v) is 10.2. The van der Waals surface area contributed by atoms with E-state index in [1.54, 1.807) is 4.90 Å². The molecule has 1 aliphatic heterocycles. The van der Waals surface area contributed by atoms with Crippen molar-refractivity contribution in [3.05, 3.63) is 10.1 Å². The van der Waals surface area contributed by atoms with Crippen molar-refractivity contribution in [2.24, 2.45) is 17.6 Å². The third kappa shape index (κ3) is 2.30. The first-order valence-electron chi connectivity index (χ1n) is 6.15. The Morgan fingerprint density at radius 3 is 2.56 bits per heavy atom. The lowest BCUT2D eigenvalue weighted by molar-refractivity contribution is -0.497. The molecular formula is C11H17N3O4. The lowest BCUT2D eigenvalue weighted by atomic mass is 9.92. The first-order chi connectivity index (χ1) is 8.41. The largest absolute Gasteiger partial charge is 0.369 e. The van der Waals surface area contributed by atoms with E-state index in [1.807, 2.05) is 6.92 Å². The van der Waals surface area contributed by atoms with Crippen LogP contribution in [0.1, 0.15) is 26.2 Å². The standard InChI is InChI=1S/C11H17N3O4/c1-6-2-3-7(10(12)15)5-13(6)11(16)8-4-9(8)14(17)18/h6-9H,2-5H2,1H3,(H2,12,15)/t6-,7+,8-,9-/m1/s1. The van der Waals surface area contributed by atoms with Crippen LogP contribution in [0.5, 0.6) is 0 Å². The van der Waals surface area contributed by atoms with Crippen molar-refractivity contribution in [3.63, 3.8) is 0 Å². The smallest absolute Gasteiger partial charge is 0.233 e. The SMILES string of the molecule is C[C@@H]1CC[C@H](C(N)=O)CN1C(=O)[C@@H]1C[C@H]1[N+](=O)[O-]. The summed E-state index contributed by atoms with van der Waals surface area (Å²) in [6, 6.07) is -0.709. The van der Waals surface area contributed by atoms with Gasteiger partial charge in [-0.15, -0.1) is 0 Å². The second-order valence-electron chi connectivity index (χ2n) is 5.21. The fourth-order valence-electron chi connectivity index (χ4n) is 2.54. The van der Waals surface area contributed by atoms with Crippen LogP contribution in [0.25, 0.3) is 0 Å². The second kappa shape index (κ2) is 4.55. The van der Waals surface area contributed by atoms with Gasteiger partial charge < -0.3 is 10.6 Å². The maximum Gasteiger partial charge on any atom is 0.233 e. The van der Waals surface area contributed by atoms with Crippen LogP contribution in [0.3, 0.4) is 0 Å². The third-order valence-electron chi connectivity index (χ3n) is 3.91. The number of carbonyl (C=O) groups excluding carboxylic acids is 2. The quantitative estimate of drug-likeness (QED) is 0.555. The van der Waals surface area contributed by atoms with Gasteiger partial charge in [-0.1, -0.05) is 0 Å². The fourth-order valence-corrected chi connectivity index (χ4v) is 2.54. The van der Waals surface area contributed by atoms with Crippen molar-refractivity contribution in [1.82, 2.24) is 4.90 Å². The van der Waals surface area contributed by atoms with Crippen molar-refractivity contribution in [2.75, 3.05) is 6.54 Å². The molecule has 0 aromatic rings. The summed E-state index contributed by atoms with van der Waals surface area (Å²) in [4.78, 5) is 35.1. The Balaban J connectivity index is 2.00. The van der Waals surface area contributed by atoms with Crippen LogP contribution in [0, 0.1) is 22.0 Å². The zero-order valence-electron chi connectivity index (χ0n) is 10.2. The van der Waals surface area contributed by atoms with E-state index in [0.717, 1.165) is 6.42 Å². The number of nitrogens with two attached hydrogens (primary N) is 1. The van der Waals surface area contributed by atoms with Gasteiger partial charge in [-0.05, 0) is 19.8 Å². The van der Waals surface area contributed by atoms with Crippen LogP contribution in [0.2, 0.25) is 0 Å². The Labute approximate surface area is 104 Å². The molecule has 1 saturated heterocycles. The number of carbonyl (C=O) groups is 2. The molecule has 0 aromatic heterocycles. The number of likely N-dealkylation sites (tertiary alicyclic amines) is 1. The van der Waals surface area contributed by atoms with Gasteiger partial charge in [0.2, 0.25) is 17.9 Å². The van der Waals surface area contributed by atoms with E-state index in [0.29, 0.717) is 19.4 Å². The van der Waals surface area contributed by atoms with Crippen LogP contribution in [0.4, 0.5) is 0 Å². The highest BCUT2D eigenvalue weighted by Gasteiger charge is 2.55. The van der Waals surface area contributed by atoms with Crippen molar-refractivity contribution in [3.8, 4) is 0 Å². The molecule has 0 spiro atoms. The van der Waals surface area contributed by atoms with E-state index in [9.17, 15) is 19.7 Å². The highest BCUT2D eigenvalue weighted by atomic mass is 16.6. The molecule has 1 heterocycles. The Bertz CT molecular complexity index is 398. The van der Waals surface area contributed by atoms with Crippen LogP contribution in [-0.4, -0.2) is 40.3 Å². The fraction of sp³-hybridized carbons (Fsp3) is 0.818. The van der Waals surface area contributed by atoms with Gasteiger partial charge in [-0.2, -0.15) is 0 Å². The van der Waals surface area contributed by atoms with Crippen molar-refractivity contribution < 1.29 is 14.5 Å². The number of hydrogen-bond donors (Lipinski definition) is 1. The van der Waals surface area contributed by atoms with Crippen LogP contribution in [-0.2, 0) is 9.59 Å². The second-order valence-corrected chi connectivity index (χ2v) is 5.21. The molecule has 7 heteroatoms. The van der Waals surface area contributed by atoms with Gasteiger partial charge in [0, 0.05) is 23.9 Å². The molecule has 2 N–H and O–H groups in total. The molecular weight excluding hydrogens is 238 g/mol. The molecule has 2 fully saturated rings. The average molecular weight is 255 g/mol. The molecule has 0 aromatic carbocycles. The molecule has 2 amide bonds. The molecule has 100 valence electrons. The highest BCUT2D eigenvalue weighted by molar-refractivity contribution is 5.84. The molecule has 2 aliphatic rings. The van der Waals surface area contributed by atoms with Crippen molar-refractivity contribution in [2.45, 2.75) is 38.3 Å². The predicted molar refractivity (Wildman–Crippen MR) is 62.0 cm³/mol. The molecule has 1 aliphatic carbocycles. The average Bonchev–Trinajstić information content (AvgIpc) is 3.08. The summed E-state index contributed by atoms with van der Waals surface area (Å²) >= 11 is 0. The van der Waals surface area contributed by atoms with Gasteiger partial charge in [-0.3, -0.25) is 19.7 Å². The summed E-state index contributed by atoms with van der Waals surface area (Å²) in [5.74, 6) is -1.43. The normalized spacial score (nSPS) is 35.1. The number of rotatable bonds is 3. The van der Waals surface area contributed by atoms with E-state index in [4.69, 9.17) is 5.73 Å². The van der Waals surface area contributed by atoms with E-state index < -0.39 is 22.8 Å². The first kappa shape index (κ1) is 12.8. The summed E-state index contributed by atoms with van der Waals surface area (Å²) in [6.45, 7) is 2.20. The van der Waals surface area contributed by atoms with Gasteiger partial charge in [0.25, 0.3) is 0 Å². The van der Waals surface area contributed by atoms with E-state index in [2.05, 4.69) is 0 Å². The van der Waals surface area contributed by atoms with E-state index in [1.165, 1.54) is 0 Å². The summed E-state index contributed by atoms with van der Waals surface area (Å²) in [6.07, 6.45) is 1.72. The van der Waals surface area contributed by atoms with Crippen molar-refractivity contribution >= 4 is 11.8 Å². The number of hydrogen-bond acceptors (Lipinski definition) is 4. The van der Waals surface area contributed by atoms with Gasteiger partial charge in [0.15, 0.2) is 0 Å². The minimum atomic E-state index is -0.737. The number of nitrogens with zero attached hydrogens (tertiary/aromatic N) is 2. The molecule has 1 saturated carbocycles. The minimum absolute atomic E-state index is 0.0288. The molecule has 18 heavy (non-hydrogen) atoms. The van der Waals surface area contributed by atoms with E-state index >= 15 is 0 Å². The minimum Gasteiger partial charge on any atom is -0.369 e. The highest BCUT2D eigenvalue weighted by Crippen LogP contribution is 2.36. The first-order valence-corrected chi connectivity index (χ1v) is 6.15. The van der Waals surface area contributed by atoms with Crippen LogP contribution in [0.15, 0.2) is 0 Å². The molecule has 0 radical (unpaired) electrons. The summed E-state index contributed by atoms with van der Waals surface area (Å²) < 4.78 is 0. The number of piperidine rings is 1. The van der Waals surface area contributed by atoms with Gasteiger partial charge in [-0.25, -0.2) is 0 Å². The van der Waals surface area contributed by atoms with Gasteiger partial charge in [0.05, 0.1) is 5.92 Å². The molecule has 7 nitrogen and oxygen atoms in total. The lowest BCUT2D eigenvalue weighted by Crippen LogP contribution is -2.49. The van der Waals surface area contributed by atoms with Crippen LogP contribution >= 0.6 is 0 Å². The molecule has 0 unspecified atom stereocenters. The Hall–Kier alpha value is -1.66. The number of primary amides is 1. The topological polar surface area (TPSA) is 107 Å². The van der Waals surface area contributed by atoms with E-state index in [-0.39, 0.29) is 17.9 Å². The monoisotopic (exact) mass is 255 g/mol. The zero-order chi connectivity index (χ0) is 13.4. The molecule has 4 atom stereocenters. The van der Waals surface area contributed by atoms with Gasteiger partial charge >= 0.3 is 0 Å². The van der Waals surface area contributed by atoms with Crippen molar-refractivity contribution in [1.29, 1.82) is 0 Å². The predicted octanol–water partition coefficient (Wildman–Crippen LogP) is -0.236. The number of amides is 2. The Morgan fingerprint density at radius 2 is 2.06 bits per heavy atom. The van der Waals surface area contributed by atoms with Crippen LogP contribution < -0.4 is 5.73 Å².